The van der Waals surface area contributed by atoms with Crippen LogP contribution in [0.5, 0.6) is 0 Å². The first-order chi connectivity index (χ1) is 11.6. The Bertz CT molecular complexity index is 646. The summed E-state index contributed by atoms with van der Waals surface area (Å²) in [7, 11) is 0. The first kappa shape index (κ1) is 18.3. The molecule has 128 valence electrons. The number of nitrogens with zero attached hydrogens (tertiary/aromatic N) is 2. The Morgan fingerprint density at radius 1 is 1.25 bits per heavy atom. The van der Waals surface area contributed by atoms with E-state index in [2.05, 4.69) is 42.5 Å². The Kier molecular flexibility index (Phi) is 7.12. The predicted molar refractivity (Wildman–Crippen MR) is 99.9 cm³/mol. The van der Waals surface area contributed by atoms with Gasteiger partial charge in [-0.15, -0.1) is 11.8 Å². The van der Waals surface area contributed by atoms with Crippen LogP contribution < -0.4 is 5.32 Å². The number of rotatable bonds is 7. The molecule has 0 atom stereocenters. The van der Waals surface area contributed by atoms with Gasteiger partial charge in [-0.2, -0.15) is 0 Å². The number of hydrogen-bond acceptors (Lipinski definition) is 3. The zero-order valence-electron chi connectivity index (χ0n) is 14.5. The summed E-state index contributed by atoms with van der Waals surface area (Å²) in [6.07, 6.45) is 5.60. The standard InChI is InChI=1S/C19H25N3OS/c1-15(2)13-22(14-17-7-5-9-20-11-17)19(23)21-12-16-6-4-8-18(10-16)24-3/h4-11,15H,12-14H2,1-3H3,(H,21,23). The lowest BCUT2D eigenvalue weighted by Crippen LogP contribution is -2.41. The van der Waals surface area contributed by atoms with E-state index >= 15 is 0 Å². The van der Waals surface area contributed by atoms with Crippen LogP contribution >= 0.6 is 11.8 Å². The van der Waals surface area contributed by atoms with Gasteiger partial charge in [0.2, 0.25) is 0 Å². The zero-order chi connectivity index (χ0) is 17.4. The summed E-state index contributed by atoms with van der Waals surface area (Å²) in [6.45, 7) is 6.06. The lowest BCUT2D eigenvalue weighted by Gasteiger charge is -2.25. The molecule has 0 spiro atoms. The number of hydrogen-bond donors (Lipinski definition) is 1. The minimum Gasteiger partial charge on any atom is -0.334 e. The highest BCUT2D eigenvalue weighted by atomic mass is 32.2. The Morgan fingerprint density at radius 3 is 2.71 bits per heavy atom. The second-order valence-electron chi connectivity index (χ2n) is 6.15. The number of nitrogens with one attached hydrogen (secondary N) is 1. The van der Waals surface area contributed by atoms with E-state index in [1.165, 1.54) is 4.90 Å². The molecule has 0 aliphatic rings. The molecule has 2 aromatic rings. The maximum Gasteiger partial charge on any atom is 0.317 e. The minimum absolute atomic E-state index is 0.0397. The van der Waals surface area contributed by atoms with Crippen molar-refractivity contribution >= 4 is 17.8 Å². The van der Waals surface area contributed by atoms with E-state index in [1.807, 2.05) is 35.4 Å². The maximum atomic E-state index is 12.6. The highest BCUT2D eigenvalue weighted by molar-refractivity contribution is 7.98. The molecule has 2 rings (SSSR count). The predicted octanol–water partition coefficient (Wildman–Crippen LogP) is 4.17. The fourth-order valence-electron chi connectivity index (χ4n) is 2.44. The average molecular weight is 343 g/mol. The molecular formula is C19H25N3OS. The number of pyridine rings is 1. The van der Waals surface area contributed by atoms with Crippen molar-refractivity contribution in [1.82, 2.24) is 15.2 Å². The van der Waals surface area contributed by atoms with Gasteiger partial charge >= 0.3 is 6.03 Å². The lowest BCUT2D eigenvalue weighted by molar-refractivity contribution is 0.187. The number of benzene rings is 1. The van der Waals surface area contributed by atoms with Crippen LogP contribution in [0.25, 0.3) is 0 Å². The molecule has 0 unspecified atom stereocenters. The molecule has 4 nitrogen and oxygen atoms in total. The van der Waals surface area contributed by atoms with Crippen LogP contribution in [0.15, 0.2) is 53.7 Å². The van der Waals surface area contributed by atoms with Crippen LogP contribution in [0.2, 0.25) is 0 Å². The van der Waals surface area contributed by atoms with E-state index in [0.29, 0.717) is 25.6 Å². The van der Waals surface area contributed by atoms with Crippen molar-refractivity contribution in [3.8, 4) is 0 Å². The topological polar surface area (TPSA) is 45.2 Å². The van der Waals surface area contributed by atoms with Crippen LogP contribution in [0.1, 0.15) is 25.0 Å². The summed E-state index contributed by atoms with van der Waals surface area (Å²) in [4.78, 5) is 19.8. The van der Waals surface area contributed by atoms with E-state index in [9.17, 15) is 4.79 Å². The molecule has 0 saturated heterocycles. The molecule has 0 aliphatic carbocycles. The van der Waals surface area contributed by atoms with Crippen molar-refractivity contribution < 1.29 is 4.79 Å². The summed E-state index contributed by atoms with van der Waals surface area (Å²) in [5.74, 6) is 0.409. The number of amides is 2. The molecule has 1 aromatic heterocycles. The molecule has 1 heterocycles. The molecule has 0 fully saturated rings. The minimum atomic E-state index is -0.0397. The molecule has 0 radical (unpaired) electrons. The monoisotopic (exact) mass is 343 g/mol. The zero-order valence-corrected chi connectivity index (χ0v) is 15.3. The number of carbonyl (C=O) groups excluding carboxylic acids is 1. The van der Waals surface area contributed by atoms with Gasteiger partial charge in [-0.25, -0.2) is 4.79 Å². The summed E-state index contributed by atoms with van der Waals surface area (Å²) < 4.78 is 0. The van der Waals surface area contributed by atoms with E-state index in [0.717, 1.165) is 11.1 Å². The molecule has 2 amide bonds. The van der Waals surface area contributed by atoms with Gasteiger partial charge in [-0.1, -0.05) is 32.0 Å². The van der Waals surface area contributed by atoms with Gasteiger partial charge < -0.3 is 10.2 Å². The highest BCUT2D eigenvalue weighted by Crippen LogP contribution is 2.16. The lowest BCUT2D eigenvalue weighted by atomic mass is 10.2. The van der Waals surface area contributed by atoms with Crippen molar-refractivity contribution in [1.29, 1.82) is 0 Å². The average Bonchev–Trinajstić information content (AvgIpc) is 2.60. The van der Waals surface area contributed by atoms with E-state index in [1.54, 1.807) is 18.0 Å². The SMILES string of the molecule is CSc1cccc(CNC(=O)N(Cc2cccnc2)CC(C)C)c1. The van der Waals surface area contributed by atoms with Gasteiger partial charge in [0.25, 0.3) is 0 Å². The number of carbonyl (C=O) groups is 1. The highest BCUT2D eigenvalue weighted by Gasteiger charge is 2.15. The van der Waals surface area contributed by atoms with Crippen molar-refractivity contribution in [3.63, 3.8) is 0 Å². The van der Waals surface area contributed by atoms with E-state index < -0.39 is 0 Å². The Balaban J connectivity index is 1.98. The molecule has 0 saturated carbocycles. The molecule has 24 heavy (non-hydrogen) atoms. The van der Waals surface area contributed by atoms with Crippen LogP contribution in [-0.4, -0.2) is 28.7 Å². The Labute approximate surface area is 148 Å². The third kappa shape index (κ3) is 5.89. The summed E-state index contributed by atoms with van der Waals surface area (Å²) in [6, 6.07) is 12.1. The Morgan fingerprint density at radius 2 is 2.04 bits per heavy atom. The molecular weight excluding hydrogens is 318 g/mol. The van der Waals surface area contributed by atoms with E-state index in [-0.39, 0.29) is 6.03 Å². The molecule has 0 bridgehead atoms. The number of urea groups is 1. The van der Waals surface area contributed by atoms with Gasteiger partial charge in [-0.05, 0) is 41.5 Å². The van der Waals surface area contributed by atoms with Gasteiger partial charge in [-0.3, -0.25) is 4.98 Å². The summed E-state index contributed by atoms with van der Waals surface area (Å²) in [5.41, 5.74) is 2.15. The van der Waals surface area contributed by atoms with Crippen LogP contribution in [0.3, 0.4) is 0 Å². The Hall–Kier alpha value is -2.01. The smallest absolute Gasteiger partial charge is 0.317 e. The van der Waals surface area contributed by atoms with Gasteiger partial charge in [0.1, 0.15) is 0 Å². The van der Waals surface area contributed by atoms with Gasteiger partial charge in [0.15, 0.2) is 0 Å². The number of aromatic nitrogens is 1. The van der Waals surface area contributed by atoms with Crippen LogP contribution in [0, 0.1) is 5.92 Å². The third-order valence-electron chi connectivity index (χ3n) is 3.55. The second kappa shape index (κ2) is 9.33. The first-order valence-corrected chi connectivity index (χ1v) is 9.35. The molecule has 5 heteroatoms. The normalized spacial score (nSPS) is 10.7. The van der Waals surface area contributed by atoms with Crippen LogP contribution in [0.4, 0.5) is 4.79 Å². The third-order valence-corrected chi connectivity index (χ3v) is 4.27. The molecule has 0 aliphatic heterocycles. The summed E-state index contributed by atoms with van der Waals surface area (Å²) in [5, 5.41) is 3.03. The van der Waals surface area contributed by atoms with Crippen molar-refractivity contribution in [2.45, 2.75) is 31.8 Å². The largest absolute Gasteiger partial charge is 0.334 e. The second-order valence-corrected chi connectivity index (χ2v) is 7.03. The summed E-state index contributed by atoms with van der Waals surface area (Å²) >= 11 is 1.70. The number of thioether (sulfide) groups is 1. The quantitative estimate of drug-likeness (QED) is 0.767. The fraction of sp³-hybridized carbons (Fsp3) is 0.368. The van der Waals surface area contributed by atoms with Gasteiger partial charge in [0, 0.05) is 36.9 Å². The van der Waals surface area contributed by atoms with Crippen molar-refractivity contribution in [3.05, 3.63) is 59.9 Å². The maximum absolute atomic E-state index is 12.6. The van der Waals surface area contributed by atoms with Crippen molar-refractivity contribution in [2.75, 3.05) is 12.8 Å². The molecule has 1 N–H and O–H groups in total. The van der Waals surface area contributed by atoms with Gasteiger partial charge in [0.05, 0.1) is 0 Å². The molecule has 1 aromatic carbocycles. The van der Waals surface area contributed by atoms with E-state index in [4.69, 9.17) is 0 Å². The fourth-order valence-corrected chi connectivity index (χ4v) is 2.93. The van der Waals surface area contributed by atoms with Crippen molar-refractivity contribution in [2.24, 2.45) is 5.92 Å². The first-order valence-electron chi connectivity index (χ1n) is 8.13. The van der Waals surface area contributed by atoms with Crippen LogP contribution in [-0.2, 0) is 13.1 Å².